The fraction of sp³-hybridized carbons (Fsp3) is 0.500. The molecular formula is C14H22N2OS. The van der Waals surface area contributed by atoms with Crippen LogP contribution in [0.15, 0.2) is 29.2 Å². The van der Waals surface area contributed by atoms with E-state index < -0.39 is 0 Å². The first-order valence-electron chi connectivity index (χ1n) is 6.26. The van der Waals surface area contributed by atoms with Gasteiger partial charge in [0.2, 0.25) is 5.91 Å². The summed E-state index contributed by atoms with van der Waals surface area (Å²) in [5.74, 6) is 0.568. The summed E-state index contributed by atoms with van der Waals surface area (Å²) in [6.45, 7) is 7.36. The van der Waals surface area contributed by atoms with Crippen LogP contribution in [0.5, 0.6) is 0 Å². The molecule has 0 heterocycles. The summed E-state index contributed by atoms with van der Waals surface area (Å²) in [5.41, 5.74) is 6.69. The molecule has 3 N–H and O–H groups in total. The van der Waals surface area contributed by atoms with Crippen molar-refractivity contribution in [1.82, 2.24) is 5.32 Å². The van der Waals surface area contributed by atoms with E-state index in [4.69, 9.17) is 5.73 Å². The van der Waals surface area contributed by atoms with Gasteiger partial charge >= 0.3 is 0 Å². The number of carbonyl (C=O) groups excluding carboxylic acids is 1. The molecule has 1 rings (SSSR count). The molecule has 1 aromatic rings. The third kappa shape index (κ3) is 5.10. The molecule has 0 bridgehead atoms. The fourth-order valence-electron chi connectivity index (χ4n) is 1.45. The highest BCUT2D eigenvalue weighted by Crippen LogP contribution is 2.24. The van der Waals surface area contributed by atoms with Crippen molar-refractivity contribution in [3.63, 3.8) is 0 Å². The van der Waals surface area contributed by atoms with Gasteiger partial charge in [-0.05, 0) is 30.5 Å². The van der Waals surface area contributed by atoms with E-state index in [1.807, 2.05) is 31.2 Å². The molecule has 1 unspecified atom stereocenters. The lowest BCUT2D eigenvalue weighted by Gasteiger charge is -2.13. The Morgan fingerprint density at radius 3 is 2.72 bits per heavy atom. The molecule has 1 aromatic carbocycles. The van der Waals surface area contributed by atoms with Crippen molar-refractivity contribution in [3.8, 4) is 0 Å². The van der Waals surface area contributed by atoms with Crippen molar-refractivity contribution in [1.29, 1.82) is 0 Å². The number of nitrogens with one attached hydrogen (secondary N) is 1. The Morgan fingerprint density at radius 2 is 2.11 bits per heavy atom. The largest absolute Gasteiger partial charge is 0.355 e. The van der Waals surface area contributed by atoms with E-state index in [0.717, 1.165) is 17.0 Å². The van der Waals surface area contributed by atoms with Crippen LogP contribution in [0.2, 0.25) is 0 Å². The Bertz CT molecular complexity index is 393. The Balaban J connectivity index is 2.52. The normalized spacial score (nSPS) is 12.5. The Labute approximate surface area is 114 Å². The van der Waals surface area contributed by atoms with Crippen LogP contribution in [0, 0.1) is 5.92 Å². The van der Waals surface area contributed by atoms with Crippen molar-refractivity contribution in [3.05, 3.63) is 29.8 Å². The fourth-order valence-corrected chi connectivity index (χ4v) is 2.43. The van der Waals surface area contributed by atoms with E-state index in [-0.39, 0.29) is 11.2 Å². The summed E-state index contributed by atoms with van der Waals surface area (Å²) in [4.78, 5) is 12.9. The second-order valence-corrected chi connectivity index (χ2v) is 6.16. The van der Waals surface area contributed by atoms with Crippen molar-refractivity contribution in [2.45, 2.75) is 37.5 Å². The van der Waals surface area contributed by atoms with Crippen LogP contribution >= 0.6 is 11.8 Å². The molecule has 0 aliphatic carbocycles. The summed E-state index contributed by atoms with van der Waals surface area (Å²) < 4.78 is 0. The molecule has 0 saturated heterocycles. The summed E-state index contributed by atoms with van der Waals surface area (Å²) in [7, 11) is 0. The molecule has 0 fully saturated rings. The second-order valence-electron chi connectivity index (χ2n) is 4.75. The van der Waals surface area contributed by atoms with E-state index in [1.54, 1.807) is 11.8 Å². The van der Waals surface area contributed by atoms with Gasteiger partial charge in [-0.3, -0.25) is 4.79 Å². The average Bonchev–Trinajstić information content (AvgIpc) is 2.36. The molecule has 100 valence electrons. The standard InChI is InChI=1S/C14H22N2OS/c1-10(2)9-16-14(17)11(3)18-13-6-4-5-12(7-13)8-15/h4-7,10-11H,8-9,15H2,1-3H3,(H,16,17). The number of hydrogen-bond acceptors (Lipinski definition) is 3. The maximum Gasteiger partial charge on any atom is 0.233 e. The van der Waals surface area contributed by atoms with Crippen molar-refractivity contribution in [2.24, 2.45) is 11.7 Å². The molecule has 1 atom stereocenters. The Morgan fingerprint density at radius 1 is 1.39 bits per heavy atom. The van der Waals surface area contributed by atoms with Crippen LogP contribution in [0.4, 0.5) is 0 Å². The number of nitrogens with two attached hydrogens (primary N) is 1. The lowest BCUT2D eigenvalue weighted by atomic mass is 10.2. The third-order valence-corrected chi connectivity index (χ3v) is 3.59. The van der Waals surface area contributed by atoms with Gasteiger partial charge in [0.25, 0.3) is 0 Å². The third-order valence-electron chi connectivity index (χ3n) is 2.50. The minimum Gasteiger partial charge on any atom is -0.355 e. The van der Waals surface area contributed by atoms with Gasteiger partial charge in [-0.15, -0.1) is 11.8 Å². The molecular weight excluding hydrogens is 244 g/mol. The van der Waals surface area contributed by atoms with Crippen molar-refractivity contribution >= 4 is 17.7 Å². The highest BCUT2D eigenvalue weighted by atomic mass is 32.2. The Kier molecular flexibility index (Phi) is 6.22. The first-order chi connectivity index (χ1) is 8.52. The van der Waals surface area contributed by atoms with Gasteiger partial charge in [0.05, 0.1) is 5.25 Å². The van der Waals surface area contributed by atoms with Crippen LogP contribution in [0.1, 0.15) is 26.3 Å². The molecule has 0 aromatic heterocycles. The first-order valence-corrected chi connectivity index (χ1v) is 7.14. The maximum atomic E-state index is 11.8. The number of rotatable bonds is 6. The minimum absolute atomic E-state index is 0.0863. The van der Waals surface area contributed by atoms with Gasteiger partial charge in [-0.25, -0.2) is 0 Å². The number of hydrogen-bond donors (Lipinski definition) is 2. The molecule has 1 amide bonds. The lowest BCUT2D eigenvalue weighted by molar-refractivity contribution is -0.120. The van der Waals surface area contributed by atoms with Gasteiger partial charge in [0.15, 0.2) is 0 Å². The molecule has 0 aliphatic rings. The summed E-state index contributed by atoms with van der Waals surface area (Å²) in [6.07, 6.45) is 0. The topological polar surface area (TPSA) is 55.1 Å². The van der Waals surface area contributed by atoms with Crippen LogP contribution < -0.4 is 11.1 Å². The quantitative estimate of drug-likeness (QED) is 0.777. The molecule has 0 aliphatic heterocycles. The van der Waals surface area contributed by atoms with Gasteiger partial charge in [-0.2, -0.15) is 0 Å². The molecule has 4 heteroatoms. The zero-order chi connectivity index (χ0) is 13.5. The van der Waals surface area contributed by atoms with E-state index in [0.29, 0.717) is 12.5 Å². The van der Waals surface area contributed by atoms with Crippen molar-refractivity contribution < 1.29 is 4.79 Å². The zero-order valence-electron chi connectivity index (χ0n) is 11.3. The van der Waals surface area contributed by atoms with Gasteiger partial charge in [-0.1, -0.05) is 26.0 Å². The van der Waals surface area contributed by atoms with Crippen LogP contribution in [0.25, 0.3) is 0 Å². The highest BCUT2D eigenvalue weighted by Gasteiger charge is 2.14. The Hall–Kier alpha value is -1.00. The van der Waals surface area contributed by atoms with Crippen LogP contribution in [0.3, 0.4) is 0 Å². The van der Waals surface area contributed by atoms with Crippen LogP contribution in [-0.2, 0) is 11.3 Å². The molecule has 0 radical (unpaired) electrons. The lowest BCUT2D eigenvalue weighted by Crippen LogP contribution is -2.33. The van der Waals surface area contributed by atoms with Crippen molar-refractivity contribution in [2.75, 3.05) is 6.54 Å². The molecule has 3 nitrogen and oxygen atoms in total. The monoisotopic (exact) mass is 266 g/mol. The number of thioether (sulfide) groups is 1. The van der Waals surface area contributed by atoms with Gasteiger partial charge < -0.3 is 11.1 Å². The number of benzene rings is 1. The maximum absolute atomic E-state index is 11.8. The SMILES string of the molecule is CC(C)CNC(=O)C(C)Sc1cccc(CN)c1. The summed E-state index contributed by atoms with van der Waals surface area (Å²) in [5, 5.41) is 2.86. The summed E-state index contributed by atoms with van der Waals surface area (Å²) in [6, 6.07) is 8.02. The molecule has 0 spiro atoms. The second kappa shape index (κ2) is 7.44. The highest BCUT2D eigenvalue weighted by molar-refractivity contribution is 8.00. The number of amides is 1. The molecule has 18 heavy (non-hydrogen) atoms. The summed E-state index contributed by atoms with van der Waals surface area (Å²) >= 11 is 1.57. The predicted molar refractivity (Wildman–Crippen MR) is 77.5 cm³/mol. The average molecular weight is 266 g/mol. The van der Waals surface area contributed by atoms with E-state index in [9.17, 15) is 4.79 Å². The van der Waals surface area contributed by atoms with Crippen LogP contribution in [-0.4, -0.2) is 17.7 Å². The van der Waals surface area contributed by atoms with E-state index >= 15 is 0 Å². The zero-order valence-corrected chi connectivity index (χ0v) is 12.1. The minimum atomic E-state index is -0.0863. The smallest absolute Gasteiger partial charge is 0.233 e. The molecule has 0 saturated carbocycles. The first kappa shape index (κ1) is 15.1. The van der Waals surface area contributed by atoms with Gasteiger partial charge in [0.1, 0.15) is 0 Å². The van der Waals surface area contributed by atoms with E-state index in [1.165, 1.54) is 0 Å². The number of carbonyl (C=O) groups is 1. The predicted octanol–water partition coefficient (Wildman–Crippen LogP) is 2.40. The van der Waals surface area contributed by atoms with E-state index in [2.05, 4.69) is 19.2 Å². The van der Waals surface area contributed by atoms with Gasteiger partial charge in [0, 0.05) is 18.0 Å².